The van der Waals surface area contributed by atoms with Crippen LogP contribution >= 0.6 is 0 Å². The van der Waals surface area contributed by atoms with Gasteiger partial charge in [-0.1, -0.05) is 26.8 Å². The van der Waals surface area contributed by atoms with Gasteiger partial charge in [-0.2, -0.15) is 0 Å². The maximum Gasteiger partial charge on any atom is 0.112 e. The van der Waals surface area contributed by atoms with Crippen molar-refractivity contribution < 1.29 is 5.11 Å². The van der Waals surface area contributed by atoms with E-state index >= 15 is 0 Å². The van der Waals surface area contributed by atoms with Crippen molar-refractivity contribution in [2.45, 2.75) is 26.8 Å². The second-order valence-electron chi connectivity index (χ2n) is 4.67. The van der Waals surface area contributed by atoms with Crippen LogP contribution in [0.4, 0.5) is 0 Å². The topological polar surface area (TPSA) is 59.1 Å². The van der Waals surface area contributed by atoms with Crippen LogP contribution < -0.4 is 5.73 Å². The van der Waals surface area contributed by atoms with Crippen LogP contribution in [0.3, 0.4) is 0 Å². The standard InChI is InChI=1S/C12H18N2O/c1-12(2,3)11(13)10(15)8-9-6-4-5-7-14-9/h4-8,11,15H,13H2,1-3H3/t11-/m1/s1. The van der Waals surface area contributed by atoms with Crippen molar-refractivity contribution in [2.75, 3.05) is 0 Å². The molecule has 1 heterocycles. The monoisotopic (exact) mass is 206 g/mol. The summed E-state index contributed by atoms with van der Waals surface area (Å²) in [6, 6.07) is 5.15. The molecule has 1 aromatic rings. The number of hydrogen-bond acceptors (Lipinski definition) is 3. The minimum Gasteiger partial charge on any atom is -0.511 e. The summed E-state index contributed by atoms with van der Waals surface area (Å²) >= 11 is 0. The Kier molecular flexibility index (Phi) is 3.48. The molecule has 0 fully saturated rings. The van der Waals surface area contributed by atoms with Crippen molar-refractivity contribution in [1.29, 1.82) is 0 Å². The molecule has 0 unspecified atom stereocenters. The Hall–Kier alpha value is -1.35. The van der Waals surface area contributed by atoms with Gasteiger partial charge in [0, 0.05) is 12.3 Å². The summed E-state index contributed by atoms with van der Waals surface area (Å²) in [4.78, 5) is 4.09. The summed E-state index contributed by atoms with van der Waals surface area (Å²) in [6.45, 7) is 5.96. The summed E-state index contributed by atoms with van der Waals surface area (Å²) in [5, 5.41) is 9.80. The predicted molar refractivity (Wildman–Crippen MR) is 62.3 cm³/mol. The molecule has 0 saturated heterocycles. The minimum absolute atomic E-state index is 0.157. The third-order valence-corrected chi connectivity index (χ3v) is 2.24. The van der Waals surface area contributed by atoms with Crippen LogP contribution in [0.5, 0.6) is 0 Å². The van der Waals surface area contributed by atoms with Crippen LogP contribution in [0.1, 0.15) is 26.5 Å². The number of rotatable bonds is 2. The number of pyridine rings is 1. The highest BCUT2D eigenvalue weighted by atomic mass is 16.3. The van der Waals surface area contributed by atoms with E-state index in [1.54, 1.807) is 12.3 Å². The van der Waals surface area contributed by atoms with Crippen molar-refractivity contribution in [3.05, 3.63) is 35.8 Å². The normalized spacial score (nSPS) is 15.1. The Morgan fingerprint density at radius 1 is 1.47 bits per heavy atom. The summed E-state index contributed by atoms with van der Waals surface area (Å²) in [6.07, 6.45) is 3.29. The lowest BCUT2D eigenvalue weighted by Gasteiger charge is -2.26. The van der Waals surface area contributed by atoms with Crippen molar-refractivity contribution in [3.8, 4) is 0 Å². The quantitative estimate of drug-likeness (QED) is 0.730. The molecule has 15 heavy (non-hydrogen) atoms. The summed E-state index contributed by atoms with van der Waals surface area (Å²) in [7, 11) is 0. The van der Waals surface area contributed by atoms with E-state index in [9.17, 15) is 5.11 Å². The lowest BCUT2D eigenvalue weighted by Crippen LogP contribution is -2.36. The Bertz CT molecular complexity index is 338. The first-order chi connectivity index (χ1) is 6.91. The zero-order chi connectivity index (χ0) is 11.5. The van der Waals surface area contributed by atoms with Gasteiger partial charge >= 0.3 is 0 Å². The van der Waals surface area contributed by atoms with Crippen LogP contribution in [0.25, 0.3) is 6.08 Å². The SMILES string of the molecule is CC(C)(C)[C@H](N)C(O)=Cc1ccccn1. The van der Waals surface area contributed by atoms with E-state index in [0.717, 1.165) is 5.69 Å². The van der Waals surface area contributed by atoms with Gasteiger partial charge in [0.05, 0.1) is 11.7 Å². The molecule has 3 N–H and O–H groups in total. The van der Waals surface area contributed by atoms with Gasteiger partial charge in [0.2, 0.25) is 0 Å². The molecule has 0 spiro atoms. The van der Waals surface area contributed by atoms with E-state index in [4.69, 9.17) is 5.73 Å². The van der Waals surface area contributed by atoms with Gasteiger partial charge in [-0.05, 0) is 17.5 Å². The van der Waals surface area contributed by atoms with Gasteiger partial charge in [0.15, 0.2) is 0 Å². The average Bonchev–Trinajstić information content (AvgIpc) is 2.16. The van der Waals surface area contributed by atoms with Crippen LogP contribution in [0, 0.1) is 5.41 Å². The summed E-state index contributed by atoms with van der Waals surface area (Å²) in [5.41, 5.74) is 6.46. The van der Waals surface area contributed by atoms with Gasteiger partial charge < -0.3 is 10.8 Å². The van der Waals surface area contributed by atoms with Crippen molar-refractivity contribution >= 4 is 6.08 Å². The molecule has 1 atom stereocenters. The third kappa shape index (κ3) is 3.36. The molecule has 0 bridgehead atoms. The molecule has 0 radical (unpaired) electrons. The molecule has 82 valence electrons. The Morgan fingerprint density at radius 3 is 2.60 bits per heavy atom. The summed E-state index contributed by atoms with van der Waals surface area (Å²) < 4.78 is 0. The lowest BCUT2D eigenvalue weighted by atomic mass is 9.86. The number of hydrogen-bond donors (Lipinski definition) is 2. The van der Waals surface area contributed by atoms with Gasteiger partial charge in [-0.15, -0.1) is 0 Å². The average molecular weight is 206 g/mol. The van der Waals surface area contributed by atoms with Crippen LogP contribution in [0.15, 0.2) is 30.2 Å². The zero-order valence-electron chi connectivity index (χ0n) is 9.44. The van der Waals surface area contributed by atoms with Crippen molar-refractivity contribution in [2.24, 2.45) is 11.1 Å². The molecule has 1 rings (SSSR count). The fraction of sp³-hybridized carbons (Fsp3) is 0.417. The highest BCUT2D eigenvalue weighted by Crippen LogP contribution is 2.22. The first-order valence-corrected chi connectivity index (χ1v) is 4.98. The third-order valence-electron chi connectivity index (χ3n) is 2.24. The van der Waals surface area contributed by atoms with E-state index in [-0.39, 0.29) is 17.2 Å². The van der Waals surface area contributed by atoms with Crippen molar-refractivity contribution in [3.63, 3.8) is 0 Å². The van der Waals surface area contributed by atoms with E-state index in [0.29, 0.717) is 0 Å². The molecule has 3 heteroatoms. The summed E-state index contributed by atoms with van der Waals surface area (Å²) in [5.74, 6) is 0.168. The van der Waals surface area contributed by atoms with Gasteiger partial charge in [-0.3, -0.25) is 4.98 Å². The Labute approximate surface area is 90.7 Å². The first-order valence-electron chi connectivity index (χ1n) is 4.98. The number of aromatic nitrogens is 1. The predicted octanol–water partition coefficient (Wildman–Crippen LogP) is 2.35. The molecule has 0 aromatic carbocycles. The highest BCUT2D eigenvalue weighted by molar-refractivity contribution is 5.47. The highest BCUT2D eigenvalue weighted by Gasteiger charge is 2.23. The number of aliphatic hydroxyl groups excluding tert-OH is 1. The second-order valence-corrected chi connectivity index (χ2v) is 4.67. The van der Waals surface area contributed by atoms with Crippen LogP contribution in [0.2, 0.25) is 0 Å². The Balaban J connectivity index is 2.86. The molecule has 0 amide bonds. The van der Waals surface area contributed by atoms with E-state index < -0.39 is 0 Å². The van der Waals surface area contributed by atoms with Gasteiger partial charge in [0.1, 0.15) is 5.76 Å². The molecular formula is C12H18N2O. The van der Waals surface area contributed by atoms with Gasteiger partial charge in [0.25, 0.3) is 0 Å². The molecular weight excluding hydrogens is 188 g/mol. The molecule has 0 aliphatic rings. The van der Waals surface area contributed by atoms with E-state index in [1.807, 2.05) is 39.0 Å². The molecule has 0 saturated carbocycles. The maximum absolute atomic E-state index is 9.80. The Morgan fingerprint density at radius 2 is 2.13 bits per heavy atom. The van der Waals surface area contributed by atoms with Crippen LogP contribution in [-0.4, -0.2) is 16.1 Å². The first kappa shape index (κ1) is 11.7. The fourth-order valence-electron chi connectivity index (χ4n) is 1.15. The minimum atomic E-state index is -0.375. The molecule has 3 nitrogen and oxygen atoms in total. The largest absolute Gasteiger partial charge is 0.511 e. The zero-order valence-corrected chi connectivity index (χ0v) is 9.44. The van der Waals surface area contributed by atoms with Crippen molar-refractivity contribution in [1.82, 2.24) is 4.98 Å². The van der Waals surface area contributed by atoms with Crippen LogP contribution in [-0.2, 0) is 0 Å². The van der Waals surface area contributed by atoms with E-state index in [2.05, 4.69) is 4.98 Å². The fourth-order valence-corrected chi connectivity index (χ4v) is 1.15. The second kappa shape index (κ2) is 4.45. The number of nitrogens with zero attached hydrogens (tertiary/aromatic N) is 1. The lowest BCUT2D eigenvalue weighted by molar-refractivity contribution is 0.266. The molecule has 0 aliphatic carbocycles. The van der Waals surface area contributed by atoms with Gasteiger partial charge in [-0.25, -0.2) is 0 Å². The number of nitrogens with two attached hydrogens (primary N) is 1. The molecule has 0 aliphatic heterocycles. The number of aliphatic hydroxyl groups is 1. The smallest absolute Gasteiger partial charge is 0.112 e. The maximum atomic E-state index is 9.80. The van der Waals surface area contributed by atoms with E-state index in [1.165, 1.54) is 0 Å². The molecule has 1 aromatic heterocycles.